The van der Waals surface area contributed by atoms with Crippen molar-refractivity contribution in [1.29, 1.82) is 0 Å². The predicted molar refractivity (Wildman–Crippen MR) is 156 cm³/mol. The van der Waals surface area contributed by atoms with Gasteiger partial charge in [0.1, 0.15) is 0 Å². The molecule has 4 aromatic rings. The van der Waals surface area contributed by atoms with Gasteiger partial charge in [-0.15, -0.1) is 0 Å². The van der Waals surface area contributed by atoms with Gasteiger partial charge in [-0.05, 0) is 41.5 Å². The van der Waals surface area contributed by atoms with Crippen molar-refractivity contribution in [1.82, 2.24) is 15.1 Å². The van der Waals surface area contributed by atoms with Crippen molar-refractivity contribution in [2.45, 2.75) is 6.04 Å². The number of aromatic nitrogens is 2. The molecule has 6 rings (SSSR count). The Morgan fingerprint density at radius 3 is 2.22 bits per heavy atom. The van der Waals surface area contributed by atoms with E-state index >= 15 is 0 Å². The number of fused-ring (bicyclic) bond motifs is 1. The molecule has 8 heteroatoms. The fourth-order valence-corrected chi connectivity index (χ4v) is 5.18. The Morgan fingerprint density at radius 2 is 1.56 bits per heavy atom. The Labute approximate surface area is 235 Å². The van der Waals surface area contributed by atoms with Gasteiger partial charge in [0.2, 0.25) is 0 Å². The van der Waals surface area contributed by atoms with Crippen LogP contribution in [0.15, 0.2) is 133 Å². The second kappa shape index (κ2) is 10.9. The molecule has 1 aromatic heterocycles. The Hall–Kier alpha value is -5.63. The SMILES string of the molecule is O=C(/C=C/c1cc(-c2ccccc2)nn1-c1ccccc1)C1=C(c2ccccc2)[C@H]2C=C([N+](=O)[O-])C=C[C@H]2NC1=O. The molecule has 0 spiro atoms. The van der Waals surface area contributed by atoms with E-state index in [-0.39, 0.29) is 11.3 Å². The van der Waals surface area contributed by atoms with Crippen LogP contribution >= 0.6 is 0 Å². The molecule has 41 heavy (non-hydrogen) atoms. The Morgan fingerprint density at radius 1 is 0.927 bits per heavy atom. The molecule has 3 aromatic carbocycles. The molecular weight excluding hydrogens is 516 g/mol. The van der Waals surface area contributed by atoms with Crippen LogP contribution in [-0.4, -0.2) is 32.4 Å². The average molecular weight is 541 g/mol. The Balaban J connectivity index is 1.45. The molecule has 0 radical (unpaired) electrons. The van der Waals surface area contributed by atoms with Gasteiger partial charge in [-0.1, -0.05) is 84.9 Å². The first-order valence-corrected chi connectivity index (χ1v) is 13.1. The monoisotopic (exact) mass is 540 g/mol. The highest BCUT2D eigenvalue weighted by molar-refractivity contribution is 6.29. The molecule has 1 amide bonds. The number of nitrogens with zero attached hydrogens (tertiary/aromatic N) is 3. The fourth-order valence-electron chi connectivity index (χ4n) is 5.18. The summed E-state index contributed by atoms with van der Waals surface area (Å²) in [7, 11) is 0. The lowest BCUT2D eigenvalue weighted by atomic mass is 9.77. The smallest absolute Gasteiger partial charge is 0.265 e. The number of para-hydroxylation sites is 1. The van der Waals surface area contributed by atoms with Gasteiger partial charge in [0.15, 0.2) is 5.78 Å². The highest BCUT2D eigenvalue weighted by Crippen LogP contribution is 2.37. The van der Waals surface area contributed by atoms with E-state index < -0.39 is 28.6 Å². The van der Waals surface area contributed by atoms with Crippen LogP contribution in [0.4, 0.5) is 0 Å². The highest BCUT2D eigenvalue weighted by atomic mass is 16.6. The van der Waals surface area contributed by atoms with Crippen molar-refractivity contribution >= 4 is 23.3 Å². The first kappa shape index (κ1) is 25.6. The van der Waals surface area contributed by atoms with E-state index in [1.165, 1.54) is 18.2 Å². The van der Waals surface area contributed by atoms with Crippen molar-refractivity contribution in [3.63, 3.8) is 0 Å². The summed E-state index contributed by atoms with van der Waals surface area (Å²) in [6, 6.07) is 29.7. The zero-order chi connectivity index (χ0) is 28.3. The standard InChI is InChI=1S/C33H24N4O4/c38-30(19-17-25-21-29(22-10-4-1-5-11-22)35-36(25)24-14-8-3-9-15-24)32-31(23-12-6-2-7-13-23)27-20-26(37(40)41)16-18-28(27)34-33(32)39/h1-21,27-28H,(H,34,39)/b19-17+/t27-,28+/m0/s1. The maximum atomic E-state index is 13.8. The number of hydrogen-bond donors (Lipinski definition) is 1. The summed E-state index contributed by atoms with van der Waals surface area (Å²) < 4.78 is 1.74. The van der Waals surface area contributed by atoms with Crippen molar-refractivity contribution in [3.8, 4) is 16.9 Å². The molecule has 0 bridgehead atoms. The van der Waals surface area contributed by atoms with Crippen molar-refractivity contribution in [2.24, 2.45) is 5.92 Å². The molecule has 2 atom stereocenters. The minimum Gasteiger partial charge on any atom is -0.345 e. The average Bonchev–Trinajstić information content (AvgIpc) is 3.44. The lowest BCUT2D eigenvalue weighted by Gasteiger charge is -2.33. The quantitative estimate of drug-likeness (QED) is 0.146. The van der Waals surface area contributed by atoms with Crippen LogP contribution in [0.1, 0.15) is 11.3 Å². The number of carbonyl (C=O) groups excluding carboxylic acids is 2. The van der Waals surface area contributed by atoms with Gasteiger partial charge in [0.05, 0.1) is 33.6 Å². The van der Waals surface area contributed by atoms with Gasteiger partial charge >= 0.3 is 0 Å². The number of nitrogens with one attached hydrogen (secondary N) is 1. The van der Waals surface area contributed by atoms with Crippen molar-refractivity contribution in [3.05, 3.63) is 154 Å². The van der Waals surface area contributed by atoms with Gasteiger partial charge < -0.3 is 5.32 Å². The zero-order valence-corrected chi connectivity index (χ0v) is 21.8. The molecule has 1 aliphatic carbocycles. The van der Waals surface area contributed by atoms with Crippen LogP contribution < -0.4 is 5.32 Å². The first-order chi connectivity index (χ1) is 20.0. The lowest BCUT2D eigenvalue weighted by molar-refractivity contribution is -0.419. The maximum absolute atomic E-state index is 13.8. The third kappa shape index (κ3) is 5.06. The number of nitro groups is 1. The number of benzene rings is 3. The second-order valence-corrected chi connectivity index (χ2v) is 9.65. The minimum absolute atomic E-state index is 0.0444. The minimum atomic E-state index is -0.577. The normalized spacial score (nSPS) is 18.1. The molecule has 1 aliphatic heterocycles. The summed E-state index contributed by atoms with van der Waals surface area (Å²) in [5.41, 5.74) is 4.11. The van der Waals surface area contributed by atoms with Crippen molar-refractivity contribution < 1.29 is 14.5 Å². The Kier molecular flexibility index (Phi) is 6.79. The van der Waals surface area contributed by atoms with Crippen molar-refractivity contribution in [2.75, 3.05) is 0 Å². The summed E-state index contributed by atoms with van der Waals surface area (Å²) in [5.74, 6) is -1.61. The third-order valence-corrected chi connectivity index (χ3v) is 7.09. The third-order valence-electron chi connectivity index (χ3n) is 7.09. The fraction of sp³-hybridized carbons (Fsp3) is 0.0606. The summed E-state index contributed by atoms with van der Waals surface area (Å²) in [6.07, 6.45) is 7.49. The second-order valence-electron chi connectivity index (χ2n) is 9.65. The number of rotatable bonds is 7. The van der Waals surface area contributed by atoms with Crippen LogP contribution in [0.3, 0.4) is 0 Å². The van der Waals surface area contributed by atoms with Gasteiger partial charge in [-0.25, -0.2) is 4.68 Å². The number of allylic oxidation sites excluding steroid dienone is 2. The van der Waals surface area contributed by atoms with E-state index in [1.54, 1.807) is 29.0 Å². The molecule has 2 aliphatic rings. The molecule has 0 unspecified atom stereocenters. The van der Waals surface area contributed by atoms with E-state index in [1.807, 2.05) is 84.9 Å². The molecule has 200 valence electrons. The Bertz CT molecular complexity index is 1770. The highest BCUT2D eigenvalue weighted by Gasteiger charge is 2.39. The van der Waals surface area contributed by atoms with Crippen LogP contribution in [0.2, 0.25) is 0 Å². The number of ketones is 1. The molecule has 0 fully saturated rings. The number of amides is 1. The lowest BCUT2D eigenvalue weighted by Crippen LogP contribution is -2.46. The molecule has 0 saturated carbocycles. The zero-order valence-electron chi connectivity index (χ0n) is 21.8. The summed E-state index contributed by atoms with van der Waals surface area (Å²) in [5, 5.41) is 19.2. The van der Waals surface area contributed by atoms with E-state index in [9.17, 15) is 19.7 Å². The number of carbonyl (C=O) groups is 2. The van der Waals surface area contributed by atoms with Crippen LogP contribution in [0.25, 0.3) is 28.6 Å². The molecule has 1 N–H and O–H groups in total. The van der Waals surface area contributed by atoms with E-state index in [0.29, 0.717) is 16.8 Å². The van der Waals surface area contributed by atoms with Crippen LogP contribution in [0, 0.1) is 16.0 Å². The van der Waals surface area contributed by atoms with E-state index in [4.69, 9.17) is 5.10 Å². The molecule has 8 nitrogen and oxygen atoms in total. The summed E-state index contributed by atoms with van der Waals surface area (Å²) in [4.78, 5) is 38.2. The van der Waals surface area contributed by atoms with E-state index in [2.05, 4.69) is 5.32 Å². The van der Waals surface area contributed by atoms with Gasteiger partial charge in [-0.3, -0.25) is 19.7 Å². The molecule has 2 heterocycles. The van der Waals surface area contributed by atoms with Gasteiger partial charge in [0, 0.05) is 23.6 Å². The topological polar surface area (TPSA) is 107 Å². The van der Waals surface area contributed by atoms with E-state index in [0.717, 1.165) is 16.9 Å². The largest absolute Gasteiger partial charge is 0.345 e. The van der Waals surface area contributed by atoms with Crippen LogP contribution in [-0.2, 0) is 9.59 Å². The summed E-state index contributed by atoms with van der Waals surface area (Å²) in [6.45, 7) is 0. The van der Waals surface area contributed by atoms with Gasteiger partial charge in [-0.2, -0.15) is 5.10 Å². The summed E-state index contributed by atoms with van der Waals surface area (Å²) >= 11 is 0. The molecule has 0 saturated heterocycles. The first-order valence-electron chi connectivity index (χ1n) is 13.1. The van der Waals surface area contributed by atoms with Crippen LogP contribution in [0.5, 0.6) is 0 Å². The molecular formula is C33H24N4O4. The number of hydrogen-bond acceptors (Lipinski definition) is 5. The maximum Gasteiger partial charge on any atom is 0.265 e. The predicted octanol–water partition coefficient (Wildman–Crippen LogP) is 5.42. The van der Waals surface area contributed by atoms with Gasteiger partial charge in [0.25, 0.3) is 11.6 Å².